The highest BCUT2D eigenvalue weighted by Gasteiger charge is 2.35. The highest BCUT2D eigenvalue weighted by molar-refractivity contribution is 7.99. The summed E-state index contributed by atoms with van der Waals surface area (Å²) in [5.74, 6) is 1.01. The van der Waals surface area contributed by atoms with E-state index < -0.39 is 9.84 Å². The molecule has 0 N–H and O–H groups in total. The van der Waals surface area contributed by atoms with Crippen molar-refractivity contribution in [2.24, 2.45) is 5.41 Å². The van der Waals surface area contributed by atoms with Crippen molar-refractivity contribution in [3.63, 3.8) is 0 Å². The number of ether oxygens (including phenoxy) is 1. The molecular formula is C14H19ClO3S2. The standard InChI is InChI=1S/C14H19ClO3S2/c1-20(16,17)11-14(5-7-18-8-6-14)10-19-13-4-2-3-12(15)9-13/h2-4,9H,5-8,10-11H2,1H3. The second-order valence-corrected chi connectivity index (χ2v) is 9.05. The first-order chi connectivity index (χ1) is 9.39. The topological polar surface area (TPSA) is 43.4 Å². The van der Waals surface area contributed by atoms with Gasteiger partial charge < -0.3 is 4.74 Å². The summed E-state index contributed by atoms with van der Waals surface area (Å²) in [5, 5.41) is 0.708. The van der Waals surface area contributed by atoms with Crippen molar-refractivity contribution < 1.29 is 13.2 Å². The van der Waals surface area contributed by atoms with Gasteiger partial charge in [0.15, 0.2) is 0 Å². The molecule has 0 bridgehead atoms. The molecule has 0 saturated carbocycles. The van der Waals surface area contributed by atoms with E-state index in [9.17, 15) is 8.42 Å². The maximum atomic E-state index is 11.7. The maximum absolute atomic E-state index is 11.7. The maximum Gasteiger partial charge on any atom is 0.148 e. The molecular weight excluding hydrogens is 316 g/mol. The smallest absolute Gasteiger partial charge is 0.148 e. The third-order valence-electron chi connectivity index (χ3n) is 3.46. The minimum Gasteiger partial charge on any atom is -0.381 e. The number of benzene rings is 1. The molecule has 1 aliphatic heterocycles. The predicted molar refractivity (Wildman–Crippen MR) is 84.4 cm³/mol. The van der Waals surface area contributed by atoms with Crippen LogP contribution in [0.1, 0.15) is 12.8 Å². The average molecular weight is 335 g/mol. The fraction of sp³-hybridized carbons (Fsp3) is 0.571. The fourth-order valence-corrected chi connectivity index (χ4v) is 5.62. The van der Waals surface area contributed by atoms with Crippen LogP contribution in [0.5, 0.6) is 0 Å². The Morgan fingerprint density at radius 1 is 1.35 bits per heavy atom. The average Bonchev–Trinajstić information content (AvgIpc) is 2.36. The van der Waals surface area contributed by atoms with Crippen LogP contribution in [-0.4, -0.2) is 39.4 Å². The molecule has 1 aliphatic rings. The lowest BCUT2D eigenvalue weighted by Gasteiger charge is -2.36. The number of sulfone groups is 1. The van der Waals surface area contributed by atoms with E-state index in [0.29, 0.717) is 18.2 Å². The van der Waals surface area contributed by atoms with Crippen LogP contribution in [-0.2, 0) is 14.6 Å². The molecule has 1 heterocycles. The molecule has 0 atom stereocenters. The molecule has 0 amide bonds. The second kappa shape index (κ2) is 6.69. The van der Waals surface area contributed by atoms with Crippen LogP contribution in [0.25, 0.3) is 0 Å². The lowest BCUT2D eigenvalue weighted by molar-refractivity contribution is 0.0363. The van der Waals surface area contributed by atoms with Crippen molar-refractivity contribution in [3.05, 3.63) is 29.3 Å². The molecule has 0 spiro atoms. The summed E-state index contributed by atoms with van der Waals surface area (Å²) in [6, 6.07) is 7.67. The summed E-state index contributed by atoms with van der Waals surface area (Å²) >= 11 is 7.65. The first-order valence-corrected chi connectivity index (χ1v) is 9.95. The molecule has 0 unspecified atom stereocenters. The van der Waals surface area contributed by atoms with Crippen molar-refractivity contribution in [1.29, 1.82) is 0 Å². The quantitative estimate of drug-likeness (QED) is 0.775. The van der Waals surface area contributed by atoms with Gasteiger partial charge in [-0.2, -0.15) is 0 Å². The molecule has 1 saturated heterocycles. The highest BCUT2D eigenvalue weighted by Crippen LogP contribution is 2.38. The fourth-order valence-electron chi connectivity index (χ4n) is 2.48. The Bertz CT molecular complexity index is 551. The molecule has 112 valence electrons. The summed E-state index contributed by atoms with van der Waals surface area (Å²) in [6.45, 7) is 1.29. The van der Waals surface area contributed by atoms with Crippen LogP contribution in [0.15, 0.2) is 29.2 Å². The van der Waals surface area contributed by atoms with Crippen molar-refractivity contribution in [1.82, 2.24) is 0 Å². The van der Waals surface area contributed by atoms with Crippen molar-refractivity contribution in [3.8, 4) is 0 Å². The van der Waals surface area contributed by atoms with Crippen LogP contribution >= 0.6 is 23.4 Å². The van der Waals surface area contributed by atoms with Crippen molar-refractivity contribution in [2.75, 3.05) is 31.0 Å². The summed E-state index contributed by atoms with van der Waals surface area (Å²) in [4.78, 5) is 1.08. The number of halogens is 1. The third kappa shape index (κ3) is 4.95. The minimum absolute atomic E-state index is 0.182. The zero-order valence-corrected chi connectivity index (χ0v) is 13.9. The highest BCUT2D eigenvalue weighted by atomic mass is 35.5. The van der Waals surface area contributed by atoms with Gasteiger partial charge in [0.2, 0.25) is 0 Å². The molecule has 1 aromatic carbocycles. The SMILES string of the molecule is CS(=O)(=O)CC1(CSc2cccc(Cl)c2)CCOCC1. The second-order valence-electron chi connectivity index (χ2n) is 5.43. The number of thioether (sulfide) groups is 1. The van der Waals surface area contributed by atoms with E-state index >= 15 is 0 Å². The zero-order chi connectivity index (χ0) is 14.6. The monoisotopic (exact) mass is 334 g/mol. The van der Waals surface area contributed by atoms with Gasteiger partial charge in [0, 0.05) is 35.1 Å². The molecule has 20 heavy (non-hydrogen) atoms. The Morgan fingerprint density at radius 3 is 2.65 bits per heavy atom. The lowest BCUT2D eigenvalue weighted by atomic mass is 9.84. The van der Waals surface area contributed by atoms with Crippen molar-refractivity contribution in [2.45, 2.75) is 17.7 Å². The molecule has 1 aromatic rings. The van der Waals surface area contributed by atoms with Gasteiger partial charge in [-0.3, -0.25) is 0 Å². The lowest BCUT2D eigenvalue weighted by Crippen LogP contribution is -2.38. The molecule has 3 nitrogen and oxygen atoms in total. The first-order valence-electron chi connectivity index (χ1n) is 6.52. The summed E-state index contributed by atoms with van der Waals surface area (Å²) in [6.07, 6.45) is 2.91. The molecule has 0 aromatic heterocycles. The first kappa shape index (κ1) is 16.1. The molecule has 1 fully saturated rings. The number of hydrogen-bond donors (Lipinski definition) is 0. The van der Waals surface area contributed by atoms with Gasteiger partial charge in [-0.15, -0.1) is 11.8 Å². The number of rotatable bonds is 5. The van der Waals surface area contributed by atoms with Crippen LogP contribution in [0, 0.1) is 5.41 Å². The number of hydrogen-bond acceptors (Lipinski definition) is 4. The zero-order valence-electron chi connectivity index (χ0n) is 11.5. The van der Waals surface area contributed by atoms with Gasteiger partial charge in [0.05, 0.1) is 5.75 Å². The third-order valence-corrected chi connectivity index (χ3v) is 6.18. The molecule has 6 heteroatoms. The van der Waals surface area contributed by atoms with Gasteiger partial charge >= 0.3 is 0 Å². The van der Waals surface area contributed by atoms with Crippen molar-refractivity contribution >= 4 is 33.2 Å². The van der Waals surface area contributed by atoms with E-state index in [0.717, 1.165) is 23.5 Å². The largest absolute Gasteiger partial charge is 0.381 e. The van der Waals surface area contributed by atoms with E-state index in [4.69, 9.17) is 16.3 Å². The van der Waals surface area contributed by atoms with Gasteiger partial charge in [0.25, 0.3) is 0 Å². The van der Waals surface area contributed by atoms with E-state index in [1.54, 1.807) is 11.8 Å². The summed E-state index contributed by atoms with van der Waals surface area (Å²) in [5.41, 5.74) is -0.182. The Kier molecular flexibility index (Phi) is 5.40. The predicted octanol–water partition coefficient (Wildman–Crippen LogP) is 3.27. The Hall–Kier alpha value is -0.230. The summed E-state index contributed by atoms with van der Waals surface area (Å²) < 4.78 is 28.8. The Morgan fingerprint density at radius 2 is 2.05 bits per heavy atom. The van der Waals surface area contributed by atoms with E-state index in [1.165, 1.54) is 6.26 Å². The van der Waals surface area contributed by atoms with E-state index in [-0.39, 0.29) is 11.2 Å². The molecule has 0 radical (unpaired) electrons. The van der Waals surface area contributed by atoms with Crippen LogP contribution < -0.4 is 0 Å². The van der Waals surface area contributed by atoms with Crippen LogP contribution in [0.2, 0.25) is 5.02 Å². The van der Waals surface area contributed by atoms with Gasteiger partial charge in [0.1, 0.15) is 9.84 Å². The Labute approximate surface area is 130 Å². The van der Waals surface area contributed by atoms with Crippen LogP contribution in [0.4, 0.5) is 0 Å². The van der Waals surface area contributed by atoms with Crippen LogP contribution in [0.3, 0.4) is 0 Å². The van der Waals surface area contributed by atoms with Gasteiger partial charge in [-0.1, -0.05) is 17.7 Å². The Balaban J connectivity index is 2.08. The minimum atomic E-state index is -2.99. The van der Waals surface area contributed by atoms with E-state index in [1.807, 2.05) is 24.3 Å². The van der Waals surface area contributed by atoms with Gasteiger partial charge in [-0.05, 0) is 36.5 Å². The molecule has 2 rings (SSSR count). The summed E-state index contributed by atoms with van der Waals surface area (Å²) in [7, 11) is -2.99. The van der Waals surface area contributed by atoms with E-state index in [2.05, 4.69) is 0 Å². The van der Waals surface area contributed by atoms with Gasteiger partial charge in [-0.25, -0.2) is 8.42 Å². The molecule has 0 aliphatic carbocycles. The normalized spacial score (nSPS) is 18.9.